The number of benzene rings is 2. The number of halogens is 1. The Morgan fingerprint density at radius 3 is 2.96 bits per heavy atom. The van der Waals surface area contributed by atoms with E-state index in [0.29, 0.717) is 13.0 Å². The van der Waals surface area contributed by atoms with Crippen LogP contribution in [0.25, 0.3) is 0 Å². The number of anilines is 1. The van der Waals surface area contributed by atoms with Crippen LogP contribution in [0.2, 0.25) is 0 Å². The fourth-order valence-corrected chi connectivity index (χ4v) is 4.08. The highest BCUT2D eigenvalue weighted by Gasteiger charge is 2.24. The summed E-state index contributed by atoms with van der Waals surface area (Å²) in [6, 6.07) is 13.1. The number of carbonyl (C=O) groups is 1. The van der Waals surface area contributed by atoms with Gasteiger partial charge in [-0.25, -0.2) is 4.39 Å². The van der Waals surface area contributed by atoms with Crippen LogP contribution in [0.1, 0.15) is 42.9 Å². The Kier molecular flexibility index (Phi) is 5.39. The third-order valence-electron chi connectivity index (χ3n) is 5.47. The molecule has 1 amide bonds. The van der Waals surface area contributed by atoms with Crippen molar-refractivity contribution in [2.24, 2.45) is 0 Å². The maximum absolute atomic E-state index is 13.6. The monoisotopic (exact) mass is 368 g/mol. The van der Waals surface area contributed by atoms with Gasteiger partial charge < -0.3 is 10.1 Å². The highest BCUT2D eigenvalue weighted by molar-refractivity contribution is 5.93. The zero-order chi connectivity index (χ0) is 18.6. The molecule has 1 N–H and O–H groups in total. The number of fused-ring (bicyclic) bond motifs is 1. The van der Waals surface area contributed by atoms with E-state index in [-0.39, 0.29) is 17.8 Å². The molecule has 1 saturated heterocycles. The number of nitrogens with one attached hydrogen (secondary N) is 1. The van der Waals surface area contributed by atoms with Gasteiger partial charge in [-0.2, -0.15) is 0 Å². The summed E-state index contributed by atoms with van der Waals surface area (Å²) >= 11 is 0. The van der Waals surface area contributed by atoms with Gasteiger partial charge in [-0.05, 0) is 67.3 Å². The average molecular weight is 368 g/mol. The molecule has 0 spiro atoms. The van der Waals surface area contributed by atoms with Crippen molar-refractivity contribution in [1.29, 1.82) is 0 Å². The minimum Gasteiger partial charge on any atom is -0.492 e. The largest absolute Gasteiger partial charge is 0.492 e. The zero-order valence-corrected chi connectivity index (χ0v) is 15.4. The van der Waals surface area contributed by atoms with Gasteiger partial charge in [0.15, 0.2) is 0 Å². The molecule has 27 heavy (non-hydrogen) atoms. The second-order valence-corrected chi connectivity index (χ2v) is 7.32. The predicted octanol–water partition coefficient (Wildman–Crippen LogP) is 4.32. The highest BCUT2D eigenvalue weighted by atomic mass is 19.1. The molecule has 1 fully saturated rings. The third kappa shape index (κ3) is 4.30. The summed E-state index contributed by atoms with van der Waals surface area (Å²) in [7, 11) is 0. The number of amides is 1. The van der Waals surface area contributed by atoms with E-state index in [4.69, 9.17) is 4.74 Å². The van der Waals surface area contributed by atoms with Gasteiger partial charge in [0.25, 0.3) is 0 Å². The number of hydrogen-bond acceptors (Lipinski definition) is 3. The molecule has 1 unspecified atom stereocenters. The molecule has 0 aliphatic carbocycles. The molecule has 5 heteroatoms. The van der Waals surface area contributed by atoms with Crippen LogP contribution >= 0.6 is 0 Å². The van der Waals surface area contributed by atoms with Crippen molar-refractivity contribution < 1.29 is 13.9 Å². The third-order valence-corrected chi connectivity index (χ3v) is 5.47. The number of piperidine rings is 1. The highest BCUT2D eigenvalue weighted by Crippen LogP contribution is 2.31. The van der Waals surface area contributed by atoms with Crippen LogP contribution in [0, 0.1) is 5.82 Å². The predicted molar refractivity (Wildman–Crippen MR) is 103 cm³/mol. The summed E-state index contributed by atoms with van der Waals surface area (Å²) in [5.74, 6) is 0.740. The molecule has 2 aliphatic heterocycles. The number of ether oxygens (including phenoxy) is 1. The SMILES string of the molecule is O=C1CCc2cc(OCCN3CCCCC3c3cccc(F)c3)ccc2N1. The summed E-state index contributed by atoms with van der Waals surface area (Å²) in [6.45, 7) is 2.42. The van der Waals surface area contributed by atoms with Gasteiger partial charge in [-0.15, -0.1) is 0 Å². The van der Waals surface area contributed by atoms with Crippen molar-refractivity contribution in [1.82, 2.24) is 4.90 Å². The standard InChI is InChI=1S/C22H25FN2O2/c23-18-5-3-4-17(14-18)21-6-1-2-11-25(21)12-13-27-19-8-9-20-16(15-19)7-10-22(26)24-20/h3-5,8-9,14-15,21H,1-2,6-7,10-13H2,(H,24,26). The zero-order valence-electron chi connectivity index (χ0n) is 15.4. The van der Waals surface area contributed by atoms with Crippen molar-refractivity contribution in [3.63, 3.8) is 0 Å². The summed E-state index contributed by atoms with van der Waals surface area (Å²) in [5.41, 5.74) is 3.07. The molecule has 2 aliphatic rings. The van der Waals surface area contributed by atoms with Crippen LogP contribution < -0.4 is 10.1 Å². The van der Waals surface area contributed by atoms with E-state index >= 15 is 0 Å². The van der Waals surface area contributed by atoms with Gasteiger partial charge in [0.1, 0.15) is 18.2 Å². The lowest BCUT2D eigenvalue weighted by Crippen LogP contribution is -2.36. The first-order valence-electron chi connectivity index (χ1n) is 9.74. The van der Waals surface area contributed by atoms with Gasteiger partial charge in [0.2, 0.25) is 5.91 Å². The van der Waals surface area contributed by atoms with E-state index in [0.717, 1.165) is 48.5 Å². The molecular formula is C22H25FN2O2. The molecule has 0 aromatic heterocycles. The Morgan fingerprint density at radius 1 is 1.15 bits per heavy atom. The Labute approximate surface area is 159 Å². The van der Waals surface area contributed by atoms with Crippen molar-refractivity contribution in [3.8, 4) is 5.75 Å². The van der Waals surface area contributed by atoms with Crippen molar-refractivity contribution in [3.05, 3.63) is 59.4 Å². The maximum atomic E-state index is 13.6. The van der Waals surface area contributed by atoms with Crippen molar-refractivity contribution in [2.75, 3.05) is 25.0 Å². The lowest BCUT2D eigenvalue weighted by atomic mass is 9.95. The molecule has 2 aromatic rings. The summed E-state index contributed by atoms with van der Waals surface area (Å²) in [4.78, 5) is 13.9. The van der Waals surface area contributed by atoms with Gasteiger partial charge in [0.05, 0.1) is 0 Å². The van der Waals surface area contributed by atoms with Crippen molar-refractivity contribution in [2.45, 2.75) is 38.1 Å². The van der Waals surface area contributed by atoms with Gasteiger partial charge in [-0.1, -0.05) is 18.6 Å². The van der Waals surface area contributed by atoms with Gasteiger partial charge >= 0.3 is 0 Å². The minimum atomic E-state index is -0.171. The maximum Gasteiger partial charge on any atom is 0.224 e. The molecule has 2 heterocycles. The van der Waals surface area contributed by atoms with Crippen LogP contribution in [-0.4, -0.2) is 30.5 Å². The Bertz CT molecular complexity index is 824. The molecule has 1 atom stereocenters. The van der Waals surface area contributed by atoms with Crippen LogP contribution in [0.5, 0.6) is 5.75 Å². The van der Waals surface area contributed by atoms with Crippen LogP contribution in [-0.2, 0) is 11.2 Å². The molecule has 142 valence electrons. The van der Waals surface area contributed by atoms with E-state index < -0.39 is 0 Å². The molecule has 2 aromatic carbocycles. The van der Waals surface area contributed by atoms with Gasteiger partial charge in [-0.3, -0.25) is 9.69 Å². The van der Waals surface area contributed by atoms with Crippen molar-refractivity contribution >= 4 is 11.6 Å². The Morgan fingerprint density at radius 2 is 2.07 bits per heavy atom. The lowest BCUT2D eigenvalue weighted by molar-refractivity contribution is -0.116. The fraction of sp³-hybridized carbons (Fsp3) is 0.409. The number of rotatable bonds is 5. The van der Waals surface area contributed by atoms with E-state index in [9.17, 15) is 9.18 Å². The van der Waals surface area contributed by atoms with E-state index in [2.05, 4.69) is 10.2 Å². The molecular weight excluding hydrogens is 343 g/mol. The smallest absolute Gasteiger partial charge is 0.224 e. The Hall–Kier alpha value is -2.40. The van der Waals surface area contributed by atoms with Crippen LogP contribution in [0.3, 0.4) is 0 Å². The number of nitrogens with zero attached hydrogens (tertiary/aromatic N) is 1. The molecule has 4 rings (SSSR count). The summed E-state index contributed by atoms with van der Waals surface area (Å²) < 4.78 is 19.6. The fourth-order valence-electron chi connectivity index (χ4n) is 4.08. The number of hydrogen-bond donors (Lipinski definition) is 1. The average Bonchev–Trinajstić information content (AvgIpc) is 2.68. The first-order valence-corrected chi connectivity index (χ1v) is 9.74. The normalized spacial score (nSPS) is 20.0. The molecule has 4 nitrogen and oxygen atoms in total. The minimum absolute atomic E-state index is 0.0738. The molecule has 0 saturated carbocycles. The lowest BCUT2D eigenvalue weighted by Gasteiger charge is -2.36. The second kappa shape index (κ2) is 8.09. The summed E-state index contributed by atoms with van der Waals surface area (Å²) in [6.07, 6.45) is 4.69. The second-order valence-electron chi connectivity index (χ2n) is 7.32. The van der Waals surface area contributed by atoms with E-state index in [1.54, 1.807) is 12.1 Å². The quantitative estimate of drug-likeness (QED) is 0.855. The topological polar surface area (TPSA) is 41.6 Å². The number of likely N-dealkylation sites (tertiary alicyclic amines) is 1. The Balaban J connectivity index is 1.37. The van der Waals surface area contributed by atoms with E-state index in [1.165, 1.54) is 18.9 Å². The number of aryl methyl sites for hydroxylation is 1. The molecule has 0 bridgehead atoms. The first kappa shape index (κ1) is 18.0. The first-order chi connectivity index (χ1) is 13.2. The van der Waals surface area contributed by atoms with Crippen LogP contribution in [0.15, 0.2) is 42.5 Å². The molecule has 0 radical (unpaired) electrons. The van der Waals surface area contributed by atoms with E-state index in [1.807, 2.05) is 24.3 Å². The summed E-state index contributed by atoms with van der Waals surface area (Å²) in [5, 5.41) is 2.89. The van der Waals surface area contributed by atoms with Gasteiger partial charge in [0, 0.05) is 24.7 Å². The number of carbonyl (C=O) groups excluding carboxylic acids is 1. The van der Waals surface area contributed by atoms with Crippen LogP contribution in [0.4, 0.5) is 10.1 Å².